The first kappa shape index (κ1) is 18.3. The van der Waals surface area contributed by atoms with Gasteiger partial charge in [-0.15, -0.1) is 0 Å². The molecule has 8 heteroatoms. The maximum atomic E-state index is 14.6. The summed E-state index contributed by atoms with van der Waals surface area (Å²) in [5.74, 6) is -4.14. The smallest absolute Gasteiger partial charge is 0.352 e. The highest BCUT2D eigenvalue weighted by molar-refractivity contribution is 5.85. The van der Waals surface area contributed by atoms with Crippen LogP contribution in [0.5, 0.6) is 0 Å². The monoisotopic (exact) mass is 378 g/mol. The number of nitrogens with zero attached hydrogens (tertiary/aromatic N) is 3. The second-order valence-corrected chi connectivity index (χ2v) is 7.58. The summed E-state index contributed by atoms with van der Waals surface area (Å²) < 4.78 is 29.2. The zero-order chi connectivity index (χ0) is 19.1. The lowest BCUT2D eigenvalue weighted by Gasteiger charge is -2.39. The van der Waals surface area contributed by atoms with Gasteiger partial charge in [-0.25, -0.2) is 4.98 Å². The number of hydrogen-bond donors (Lipinski definition) is 2. The number of alkyl halides is 2. The summed E-state index contributed by atoms with van der Waals surface area (Å²) in [6, 6.07) is 7.75. The molecule has 4 rings (SSSR count). The van der Waals surface area contributed by atoms with E-state index in [1.54, 1.807) is 0 Å². The van der Waals surface area contributed by atoms with Crippen molar-refractivity contribution in [2.45, 2.75) is 43.8 Å². The van der Waals surface area contributed by atoms with E-state index in [0.717, 1.165) is 16.9 Å². The van der Waals surface area contributed by atoms with E-state index in [-0.39, 0.29) is 25.9 Å². The Bertz CT molecular complexity index is 791. The summed E-state index contributed by atoms with van der Waals surface area (Å²) in [4.78, 5) is 23.4. The van der Waals surface area contributed by atoms with Gasteiger partial charge in [0, 0.05) is 26.2 Å². The topological polar surface area (TPSA) is 72.5 Å². The molecular formula is C19H24F2N4O2. The molecule has 27 heavy (non-hydrogen) atoms. The molecular weight excluding hydrogens is 354 g/mol. The Morgan fingerprint density at radius 2 is 1.85 bits per heavy atom. The van der Waals surface area contributed by atoms with Crippen molar-refractivity contribution in [3.63, 3.8) is 0 Å². The number of fused-ring (bicyclic) bond motifs is 1. The Hall–Kier alpha value is -2.06. The fraction of sp³-hybridized carbons (Fsp3) is 0.579. The Balaban J connectivity index is 1.36. The lowest BCUT2D eigenvalue weighted by molar-refractivity contribution is -0.201. The minimum atomic E-state index is -3.72. The number of amides is 1. The number of halogens is 2. The van der Waals surface area contributed by atoms with E-state index in [1.165, 1.54) is 4.90 Å². The van der Waals surface area contributed by atoms with Crippen LogP contribution in [-0.2, 0) is 11.3 Å². The second kappa shape index (κ2) is 6.83. The number of rotatable bonds is 4. The van der Waals surface area contributed by atoms with E-state index in [2.05, 4.69) is 14.9 Å². The molecule has 2 aliphatic rings. The number of para-hydroxylation sites is 2. The summed E-state index contributed by atoms with van der Waals surface area (Å²) in [7, 11) is 0. The first-order valence-electron chi connectivity index (χ1n) is 9.45. The zero-order valence-corrected chi connectivity index (χ0v) is 15.1. The third-order valence-electron chi connectivity index (χ3n) is 5.76. The highest BCUT2D eigenvalue weighted by Crippen LogP contribution is 2.43. The first-order chi connectivity index (χ1) is 12.9. The van der Waals surface area contributed by atoms with Gasteiger partial charge in [-0.05, 0) is 25.0 Å². The van der Waals surface area contributed by atoms with Crippen molar-refractivity contribution in [2.75, 3.05) is 26.2 Å². The predicted molar refractivity (Wildman–Crippen MR) is 96.3 cm³/mol. The van der Waals surface area contributed by atoms with Gasteiger partial charge < -0.3 is 15.0 Å². The molecule has 1 saturated heterocycles. The minimum absolute atomic E-state index is 0.0161. The Morgan fingerprint density at radius 1 is 1.19 bits per heavy atom. The molecule has 2 fully saturated rings. The molecule has 1 saturated carbocycles. The molecule has 1 aliphatic heterocycles. The maximum Gasteiger partial charge on any atom is 0.352 e. The molecule has 0 spiro atoms. The number of aliphatic hydroxyl groups is 1. The van der Waals surface area contributed by atoms with E-state index < -0.39 is 17.4 Å². The van der Waals surface area contributed by atoms with Gasteiger partial charge in [0.05, 0.1) is 17.6 Å². The van der Waals surface area contributed by atoms with Gasteiger partial charge >= 0.3 is 5.92 Å². The maximum absolute atomic E-state index is 14.6. The third-order valence-corrected chi connectivity index (χ3v) is 5.76. The van der Waals surface area contributed by atoms with Gasteiger partial charge in [-0.3, -0.25) is 9.69 Å². The number of aromatic nitrogens is 2. The molecule has 2 heterocycles. The van der Waals surface area contributed by atoms with Crippen LogP contribution in [0.3, 0.4) is 0 Å². The molecule has 0 unspecified atom stereocenters. The summed E-state index contributed by atoms with van der Waals surface area (Å²) in [5, 5.41) is 10.2. The standard InChI is InChI=1S/C19H24F2N4O2/c20-19(21,18(27)7-3-4-8-18)17(26)25-11-9-24(10-12-25)13-16-22-14-5-1-2-6-15(14)23-16/h1-2,5-6,27H,3-4,7-13H2,(H,22,23). The average Bonchev–Trinajstić information content (AvgIpc) is 3.28. The van der Waals surface area contributed by atoms with Gasteiger partial charge in [-0.2, -0.15) is 8.78 Å². The molecule has 1 aromatic carbocycles. The summed E-state index contributed by atoms with van der Waals surface area (Å²) in [6.45, 7) is 2.03. The number of piperazine rings is 1. The fourth-order valence-corrected chi connectivity index (χ4v) is 4.07. The van der Waals surface area contributed by atoms with Crippen molar-refractivity contribution in [2.24, 2.45) is 0 Å². The van der Waals surface area contributed by atoms with E-state index in [9.17, 15) is 18.7 Å². The van der Waals surface area contributed by atoms with Crippen LogP contribution in [-0.4, -0.2) is 68.5 Å². The van der Waals surface area contributed by atoms with Crippen molar-refractivity contribution in [1.29, 1.82) is 0 Å². The van der Waals surface area contributed by atoms with E-state index in [4.69, 9.17) is 0 Å². The van der Waals surface area contributed by atoms with Crippen molar-refractivity contribution in [3.8, 4) is 0 Å². The number of carbonyl (C=O) groups excluding carboxylic acids is 1. The van der Waals surface area contributed by atoms with Crippen LogP contribution in [0.2, 0.25) is 0 Å². The van der Waals surface area contributed by atoms with Crippen molar-refractivity contribution in [1.82, 2.24) is 19.8 Å². The average molecular weight is 378 g/mol. The van der Waals surface area contributed by atoms with Crippen LogP contribution in [0.4, 0.5) is 8.78 Å². The van der Waals surface area contributed by atoms with Crippen LogP contribution in [0.1, 0.15) is 31.5 Å². The summed E-state index contributed by atoms with van der Waals surface area (Å²) in [6.07, 6.45) is 1.03. The predicted octanol–water partition coefficient (Wildman–Crippen LogP) is 2.15. The SMILES string of the molecule is O=C(N1CCN(Cc2nc3ccccc3[nH]2)CC1)C(F)(F)C1(O)CCCC1. The van der Waals surface area contributed by atoms with Gasteiger partial charge in [0.25, 0.3) is 5.91 Å². The minimum Gasteiger partial charge on any atom is -0.383 e. The second-order valence-electron chi connectivity index (χ2n) is 7.58. The first-order valence-corrected chi connectivity index (χ1v) is 9.45. The number of nitrogens with one attached hydrogen (secondary N) is 1. The van der Waals surface area contributed by atoms with Crippen molar-refractivity contribution >= 4 is 16.9 Å². The number of carbonyl (C=O) groups is 1. The van der Waals surface area contributed by atoms with Crippen molar-refractivity contribution in [3.05, 3.63) is 30.1 Å². The highest BCUT2D eigenvalue weighted by atomic mass is 19.3. The highest BCUT2D eigenvalue weighted by Gasteiger charge is 2.60. The molecule has 6 nitrogen and oxygen atoms in total. The number of aromatic amines is 1. The lowest BCUT2D eigenvalue weighted by Crippen LogP contribution is -2.60. The lowest BCUT2D eigenvalue weighted by atomic mass is 9.92. The quantitative estimate of drug-likeness (QED) is 0.855. The van der Waals surface area contributed by atoms with Crippen LogP contribution >= 0.6 is 0 Å². The van der Waals surface area contributed by atoms with Gasteiger partial charge in [0.15, 0.2) is 0 Å². The number of hydrogen-bond acceptors (Lipinski definition) is 4. The molecule has 0 radical (unpaired) electrons. The Morgan fingerprint density at radius 3 is 2.52 bits per heavy atom. The van der Waals surface area contributed by atoms with Crippen molar-refractivity contribution < 1.29 is 18.7 Å². The molecule has 1 amide bonds. The molecule has 0 bridgehead atoms. The molecule has 146 valence electrons. The molecule has 1 aliphatic carbocycles. The summed E-state index contributed by atoms with van der Waals surface area (Å²) >= 11 is 0. The van der Waals surface area contributed by atoms with Crippen LogP contribution in [0.25, 0.3) is 11.0 Å². The van der Waals surface area contributed by atoms with E-state index in [1.807, 2.05) is 24.3 Å². The molecule has 0 atom stereocenters. The van der Waals surface area contributed by atoms with Gasteiger partial charge in [0.1, 0.15) is 11.4 Å². The molecule has 2 aromatic rings. The van der Waals surface area contributed by atoms with Crippen LogP contribution in [0.15, 0.2) is 24.3 Å². The van der Waals surface area contributed by atoms with Crippen LogP contribution in [0, 0.1) is 0 Å². The number of imidazole rings is 1. The normalized spacial score (nSPS) is 21.1. The van der Waals surface area contributed by atoms with Crippen LogP contribution < -0.4 is 0 Å². The number of H-pyrrole nitrogens is 1. The summed E-state index contributed by atoms with van der Waals surface area (Å²) in [5.41, 5.74) is -0.327. The Kier molecular flexibility index (Phi) is 4.63. The largest absolute Gasteiger partial charge is 0.383 e. The van der Waals surface area contributed by atoms with E-state index >= 15 is 0 Å². The Labute approximate surface area is 156 Å². The number of benzene rings is 1. The van der Waals surface area contributed by atoms with Gasteiger partial charge in [-0.1, -0.05) is 25.0 Å². The van der Waals surface area contributed by atoms with E-state index in [0.29, 0.717) is 32.5 Å². The van der Waals surface area contributed by atoms with Gasteiger partial charge in [0.2, 0.25) is 0 Å². The zero-order valence-electron chi connectivity index (χ0n) is 15.1. The fourth-order valence-electron chi connectivity index (χ4n) is 4.07. The molecule has 2 N–H and O–H groups in total. The molecule has 1 aromatic heterocycles. The third kappa shape index (κ3) is 3.32.